The number of aromatic hydroxyl groups is 1. The SMILES string of the molecule is C=CC(=O)OC(C)C.O=C(O)c1ccc(O)cc1. The molecule has 0 heterocycles. The number of aromatic carboxylic acids is 1. The summed E-state index contributed by atoms with van der Waals surface area (Å²) >= 11 is 0. The Hall–Kier alpha value is -2.30. The summed E-state index contributed by atoms with van der Waals surface area (Å²) in [5.74, 6) is -1.27. The molecule has 0 atom stereocenters. The highest BCUT2D eigenvalue weighted by Gasteiger charge is 1.99. The number of carboxylic acids is 1. The summed E-state index contributed by atoms with van der Waals surface area (Å²) in [5.41, 5.74) is 0.179. The van der Waals surface area contributed by atoms with Crippen molar-refractivity contribution in [2.45, 2.75) is 20.0 Å². The number of hydrogen-bond acceptors (Lipinski definition) is 4. The predicted molar refractivity (Wildman–Crippen MR) is 66.5 cm³/mol. The molecular formula is C13H16O5. The van der Waals surface area contributed by atoms with Gasteiger partial charge >= 0.3 is 11.9 Å². The van der Waals surface area contributed by atoms with E-state index < -0.39 is 5.97 Å². The number of carbonyl (C=O) groups excluding carboxylic acids is 1. The number of benzene rings is 1. The largest absolute Gasteiger partial charge is 0.508 e. The molecule has 0 amide bonds. The summed E-state index contributed by atoms with van der Waals surface area (Å²) in [5, 5.41) is 17.1. The van der Waals surface area contributed by atoms with E-state index in [2.05, 4.69) is 11.3 Å². The number of phenolic OH excluding ortho intramolecular Hbond substituents is 1. The number of ether oxygens (including phenoxy) is 1. The first-order chi connectivity index (χ1) is 8.36. The maximum absolute atomic E-state index is 10.3. The molecule has 5 heteroatoms. The molecule has 98 valence electrons. The van der Waals surface area contributed by atoms with Gasteiger partial charge in [0.1, 0.15) is 5.75 Å². The lowest BCUT2D eigenvalue weighted by molar-refractivity contribution is -0.141. The van der Waals surface area contributed by atoms with Crippen LogP contribution in [0.4, 0.5) is 0 Å². The molecule has 0 aliphatic heterocycles. The van der Waals surface area contributed by atoms with Crippen LogP contribution < -0.4 is 0 Å². The van der Waals surface area contributed by atoms with Crippen molar-refractivity contribution in [3.05, 3.63) is 42.5 Å². The minimum Gasteiger partial charge on any atom is -0.508 e. The van der Waals surface area contributed by atoms with Gasteiger partial charge in [0.05, 0.1) is 11.7 Å². The molecule has 0 spiro atoms. The van der Waals surface area contributed by atoms with E-state index >= 15 is 0 Å². The van der Waals surface area contributed by atoms with Gasteiger partial charge in [0.25, 0.3) is 0 Å². The minimum absolute atomic E-state index is 0.0412. The molecule has 18 heavy (non-hydrogen) atoms. The predicted octanol–water partition coefficient (Wildman–Crippen LogP) is 2.21. The van der Waals surface area contributed by atoms with Gasteiger partial charge in [0.15, 0.2) is 0 Å². The molecule has 5 nitrogen and oxygen atoms in total. The Morgan fingerprint density at radius 1 is 1.28 bits per heavy atom. The third-order valence-corrected chi connectivity index (χ3v) is 1.63. The summed E-state index contributed by atoms with van der Waals surface area (Å²) in [7, 11) is 0. The van der Waals surface area contributed by atoms with Crippen molar-refractivity contribution in [1.82, 2.24) is 0 Å². The molecule has 1 aromatic carbocycles. The van der Waals surface area contributed by atoms with Crippen molar-refractivity contribution in [2.75, 3.05) is 0 Å². The summed E-state index contributed by atoms with van der Waals surface area (Å²) in [6.07, 6.45) is 1.11. The maximum Gasteiger partial charge on any atom is 0.335 e. The van der Waals surface area contributed by atoms with Gasteiger partial charge in [-0.3, -0.25) is 0 Å². The zero-order chi connectivity index (χ0) is 14.1. The van der Waals surface area contributed by atoms with E-state index in [1.165, 1.54) is 24.3 Å². The van der Waals surface area contributed by atoms with Crippen LogP contribution in [0.3, 0.4) is 0 Å². The van der Waals surface area contributed by atoms with Crippen LogP contribution in [0, 0.1) is 0 Å². The molecule has 0 fully saturated rings. The highest BCUT2D eigenvalue weighted by Crippen LogP contribution is 2.08. The van der Waals surface area contributed by atoms with E-state index in [0.29, 0.717) is 0 Å². The number of carbonyl (C=O) groups is 2. The van der Waals surface area contributed by atoms with Gasteiger partial charge in [-0.05, 0) is 38.1 Å². The lowest BCUT2D eigenvalue weighted by atomic mass is 10.2. The molecule has 1 aromatic rings. The van der Waals surface area contributed by atoms with Gasteiger partial charge < -0.3 is 14.9 Å². The quantitative estimate of drug-likeness (QED) is 0.636. The van der Waals surface area contributed by atoms with Gasteiger partial charge in [-0.2, -0.15) is 0 Å². The number of carboxylic acid groups (broad SMARTS) is 1. The normalized spacial score (nSPS) is 9.06. The van der Waals surface area contributed by atoms with E-state index in [-0.39, 0.29) is 23.4 Å². The molecule has 0 aromatic heterocycles. The van der Waals surface area contributed by atoms with Crippen molar-refractivity contribution in [3.8, 4) is 5.75 Å². The fourth-order valence-electron chi connectivity index (χ4n) is 0.884. The standard InChI is InChI=1S/C7H6O3.C6H10O2/c8-6-3-1-5(2-4-6)7(9)10;1-4-6(7)8-5(2)3/h1-4,8H,(H,9,10);4-5H,1H2,2-3H3. The lowest BCUT2D eigenvalue weighted by Gasteiger charge is -2.02. The number of phenols is 1. The van der Waals surface area contributed by atoms with Crippen molar-refractivity contribution < 1.29 is 24.5 Å². The van der Waals surface area contributed by atoms with Crippen LogP contribution in [-0.4, -0.2) is 28.3 Å². The smallest absolute Gasteiger partial charge is 0.335 e. The Morgan fingerprint density at radius 3 is 2.06 bits per heavy atom. The first-order valence-electron chi connectivity index (χ1n) is 5.22. The fourth-order valence-corrected chi connectivity index (χ4v) is 0.884. The van der Waals surface area contributed by atoms with Gasteiger partial charge in [-0.15, -0.1) is 0 Å². The summed E-state index contributed by atoms with van der Waals surface area (Å²) in [6, 6.07) is 5.36. The van der Waals surface area contributed by atoms with E-state index in [1.807, 2.05) is 0 Å². The van der Waals surface area contributed by atoms with Gasteiger partial charge in [0.2, 0.25) is 0 Å². The van der Waals surface area contributed by atoms with Crippen LogP contribution >= 0.6 is 0 Å². The summed E-state index contributed by atoms with van der Waals surface area (Å²) in [4.78, 5) is 20.5. The second kappa shape index (κ2) is 7.89. The van der Waals surface area contributed by atoms with Crippen LogP contribution in [-0.2, 0) is 9.53 Å². The van der Waals surface area contributed by atoms with Crippen LogP contribution in [0.2, 0.25) is 0 Å². The third-order valence-electron chi connectivity index (χ3n) is 1.63. The highest BCUT2D eigenvalue weighted by atomic mass is 16.5. The first kappa shape index (κ1) is 15.7. The van der Waals surface area contributed by atoms with Crippen molar-refractivity contribution in [1.29, 1.82) is 0 Å². The third kappa shape index (κ3) is 7.05. The lowest BCUT2D eigenvalue weighted by Crippen LogP contribution is -2.07. The van der Waals surface area contributed by atoms with Crippen molar-refractivity contribution >= 4 is 11.9 Å². The van der Waals surface area contributed by atoms with Crippen molar-refractivity contribution in [3.63, 3.8) is 0 Å². The average molecular weight is 252 g/mol. The minimum atomic E-state index is -0.986. The molecule has 0 bridgehead atoms. The van der Waals surface area contributed by atoms with Gasteiger partial charge in [-0.25, -0.2) is 9.59 Å². The second-order valence-electron chi connectivity index (χ2n) is 3.54. The first-order valence-corrected chi connectivity index (χ1v) is 5.22. The Labute approximate surface area is 105 Å². The van der Waals surface area contributed by atoms with E-state index in [0.717, 1.165) is 6.08 Å². The van der Waals surface area contributed by atoms with Crippen LogP contribution in [0.5, 0.6) is 5.75 Å². The van der Waals surface area contributed by atoms with Gasteiger partial charge in [0, 0.05) is 6.08 Å². The molecule has 0 saturated heterocycles. The Kier molecular flexibility index (Phi) is 6.88. The zero-order valence-electron chi connectivity index (χ0n) is 10.3. The monoisotopic (exact) mass is 252 g/mol. The average Bonchev–Trinajstić information content (AvgIpc) is 2.29. The maximum atomic E-state index is 10.3. The zero-order valence-corrected chi connectivity index (χ0v) is 10.3. The van der Waals surface area contributed by atoms with E-state index in [9.17, 15) is 9.59 Å². The number of rotatable bonds is 3. The number of hydrogen-bond donors (Lipinski definition) is 2. The van der Waals surface area contributed by atoms with Crippen LogP contribution in [0.25, 0.3) is 0 Å². The van der Waals surface area contributed by atoms with Gasteiger partial charge in [-0.1, -0.05) is 6.58 Å². The highest BCUT2D eigenvalue weighted by molar-refractivity contribution is 5.87. The topological polar surface area (TPSA) is 83.8 Å². The molecular weight excluding hydrogens is 236 g/mol. The molecule has 0 aliphatic carbocycles. The van der Waals surface area contributed by atoms with Crippen LogP contribution in [0.1, 0.15) is 24.2 Å². The Morgan fingerprint density at radius 2 is 1.78 bits per heavy atom. The van der Waals surface area contributed by atoms with E-state index in [4.69, 9.17) is 10.2 Å². The molecule has 0 aliphatic rings. The molecule has 0 radical (unpaired) electrons. The van der Waals surface area contributed by atoms with E-state index in [1.54, 1.807) is 13.8 Å². The second-order valence-corrected chi connectivity index (χ2v) is 3.54. The Balaban J connectivity index is 0.000000331. The summed E-state index contributed by atoms with van der Waals surface area (Å²) < 4.78 is 4.64. The molecule has 0 unspecified atom stereocenters. The molecule has 0 saturated carbocycles. The number of esters is 1. The van der Waals surface area contributed by atoms with Crippen molar-refractivity contribution in [2.24, 2.45) is 0 Å². The Bertz CT molecular complexity index is 406. The van der Waals surface area contributed by atoms with Crippen LogP contribution in [0.15, 0.2) is 36.9 Å². The molecule has 1 rings (SSSR count). The molecule has 2 N–H and O–H groups in total. The fraction of sp³-hybridized carbons (Fsp3) is 0.231. The summed E-state index contributed by atoms with van der Waals surface area (Å²) in [6.45, 7) is 6.83.